The molecule has 1 atom stereocenters. The standard InChI is InChI=1S/C18H22NO5PS2/c1-4-23-25(22,26-13-14(2)3)24-15-9-11-16(12-10-15)27-18-8-6-5-7-17(18)19(20)21/h5-12,14H,4,13H2,1-3H3. The van der Waals surface area contributed by atoms with Crippen LogP contribution in [0.2, 0.25) is 0 Å². The van der Waals surface area contributed by atoms with Crippen LogP contribution < -0.4 is 4.52 Å². The monoisotopic (exact) mass is 427 g/mol. The minimum atomic E-state index is -3.28. The summed E-state index contributed by atoms with van der Waals surface area (Å²) in [6.45, 7) is 2.88. The van der Waals surface area contributed by atoms with Gasteiger partial charge in [0.2, 0.25) is 0 Å². The van der Waals surface area contributed by atoms with E-state index >= 15 is 0 Å². The van der Waals surface area contributed by atoms with Crippen molar-refractivity contribution in [1.82, 2.24) is 0 Å². The van der Waals surface area contributed by atoms with Crippen LogP contribution in [0.1, 0.15) is 20.8 Å². The van der Waals surface area contributed by atoms with Gasteiger partial charge in [-0.2, -0.15) is 0 Å². The third-order valence-corrected chi connectivity index (χ3v) is 8.33. The van der Waals surface area contributed by atoms with E-state index in [-0.39, 0.29) is 5.69 Å². The first-order chi connectivity index (χ1) is 12.8. The van der Waals surface area contributed by atoms with Gasteiger partial charge in [-0.15, -0.1) is 0 Å². The molecule has 0 saturated carbocycles. The lowest BCUT2D eigenvalue weighted by molar-refractivity contribution is -0.387. The molecule has 27 heavy (non-hydrogen) atoms. The molecule has 0 amide bonds. The Labute approximate surface area is 167 Å². The van der Waals surface area contributed by atoms with Gasteiger partial charge in [0.25, 0.3) is 5.69 Å². The third-order valence-electron chi connectivity index (χ3n) is 3.18. The fraction of sp³-hybridized carbons (Fsp3) is 0.333. The summed E-state index contributed by atoms with van der Waals surface area (Å²) in [4.78, 5) is 12.1. The number of para-hydroxylation sites is 1. The average Bonchev–Trinajstić information content (AvgIpc) is 2.62. The molecule has 0 aliphatic carbocycles. The van der Waals surface area contributed by atoms with E-state index in [1.54, 1.807) is 49.4 Å². The Balaban J connectivity index is 2.10. The van der Waals surface area contributed by atoms with Crippen LogP contribution in [0.15, 0.2) is 58.3 Å². The number of rotatable bonds is 10. The van der Waals surface area contributed by atoms with E-state index in [9.17, 15) is 14.7 Å². The number of nitro benzene ring substituents is 1. The third kappa shape index (κ3) is 6.88. The van der Waals surface area contributed by atoms with Gasteiger partial charge in [-0.3, -0.25) is 14.6 Å². The summed E-state index contributed by atoms with van der Waals surface area (Å²) < 4.78 is 23.8. The highest BCUT2D eigenvalue weighted by Gasteiger charge is 2.27. The summed E-state index contributed by atoms with van der Waals surface area (Å²) in [5.41, 5.74) is 0.0637. The summed E-state index contributed by atoms with van der Waals surface area (Å²) in [5, 5.41) is 11.1. The molecule has 0 radical (unpaired) electrons. The minimum Gasteiger partial charge on any atom is -0.417 e. The fourth-order valence-electron chi connectivity index (χ4n) is 2.01. The molecule has 0 N–H and O–H groups in total. The van der Waals surface area contributed by atoms with E-state index in [0.717, 1.165) is 4.90 Å². The van der Waals surface area contributed by atoms with Crippen molar-refractivity contribution in [2.45, 2.75) is 30.6 Å². The van der Waals surface area contributed by atoms with Crippen molar-refractivity contribution in [3.05, 3.63) is 58.6 Å². The topological polar surface area (TPSA) is 78.7 Å². The minimum absolute atomic E-state index is 0.0637. The summed E-state index contributed by atoms with van der Waals surface area (Å²) in [6, 6.07) is 13.5. The predicted molar refractivity (Wildman–Crippen MR) is 111 cm³/mol. The fourth-order valence-corrected chi connectivity index (χ4v) is 6.68. The molecule has 0 aromatic heterocycles. The van der Waals surface area contributed by atoms with Gasteiger partial charge in [-0.25, -0.2) is 4.57 Å². The Kier molecular flexibility index (Phi) is 8.23. The first-order valence-corrected chi connectivity index (χ1v) is 12.4. The van der Waals surface area contributed by atoms with Gasteiger partial charge in [-0.1, -0.05) is 37.7 Å². The average molecular weight is 427 g/mol. The normalized spacial score (nSPS) is 13.3. The summed E-state index contributed by atoms with van der Waals surface area (Å²) in [6.07, 6.45) is 0. The molecule has 0 aliphatic rings. The zero-order valence-corrected chi connectivity index (χ0v) is 17.9. The Hall–Kier alpha value is -1.47. The van der Waals surface area contributed by atoms with Crippen LogP contribution in [0, 0.1) is 16.0 Å². The molecule has 9 heteroatoms. The van der Waals surface area contributed by atoms with Gasteiger partial charge in [0.1, 0.15) is 5.75 Å². The van der Waals surface area contributed by atoms with Gasteiger partial charge < -0.3 is 4.52 Å². The second kappa shape index (κ2) is 10.2. The molecule has 0 fully saturated rings. The van der Waals surface area contributed by atoms with Crippen molar-refractivity contribution in [3.63, 3.8) is 0 Å². The highest BCUT2D eigenvalue weighted by molar-refractivity contribution is 8.55. The largest absolute Gasteiger partial charge is 0.440 e. The molecule has 0 saturated heterocycles. The summed E-state index contributed by atoms with van der Waals surface area (Å²) in [5.74, 6) is 1.48. The van der Waals surface area contributed by atoms with Gasteiger partial charge in [0.15, 0.2) is 0 Å². The van der Waals surface area contributed by atoms with Crippen molar-refractivity contribution in [2.75, 3.05) is 12.4 Å². The van der Waals surface area contributed by atoms with Gasteiger partial charge in [0.05, 0.1) is 16.4 Å². The predicted octanol–water partition coefficient (Wildman–Crippen LogP) is 6.66. The smallest absolute Gasteiger partial charge is 0.417 e. The molecule has 1 unspecified atom stereocenters. The van der Waals surface area contributed by atoms with E-state index in [1.165, 1.54) is 29.2 Å². The zero-order valence-electron chi connectivity index (χ0n) is 15.4. The van der Waals surface area contributed by atoms with Crippen LogP contribution in [0.3, 0.4) is 0 Å². The molecular formula is C18H22NO5PS2. The van der Waals surface area contributed by atoms with Crippen LogP contribution >= 0.6 is 29.9 Å². The van der Waals surface area contributed by atoms with Gasteiger partial charge >= 0.3 is 6.80 Å². The van der Waals surface area contributed by atoms with E-state index in [0.29, 0.717) is 28.9 Å². The molecule has 0 heterocycles. The molecular weight excluding hydrogens is 405 g/mol. The van der Waals surface area contributed by atoms with Crippen LogP contribution in [-0.4, -0.2) is 17.3 Å². The van der Waals surface area contributed by atoms with Crippen LogP contribution in [0.5, 0.6) is 5.75 Å². The maximum absolute atomic E-state index is 12.8. The Morgan fingerprint density at radius 2 is 1.81 bits per heavy atom. The van der Waals surface area contributed by atoms with Crippen molar-refractivity contribution >= 4 is 35.6 Å². The van der Waals surface area contributed by atoms with Crippen molar-refractivity contribution in [3.8, 4) is 5.75 Å². The quantitative estimate of drug-likeness (QED) is 0.238. The highest BCUT2D eigenvalue weighted by Crippen LogP contribution is 2.60. The van der Waals surface area contributed by atoms with Crippen molar-refractivity contribution in [2.24, 2.45) is 5.92 Å². The second-order valence-corrected chi connectivity index (χ2v) is 11.1. The van der Waals surface area contributed by atoms with Gasteiger partial charge in [-0.05, 0) is 54.6 Å². The number of hydrogen-bond acceptors (Lipinski definition) is 7. The second-order valence-electron chi connectivity index (χ2n) is 5.94. The number of benzene rings is 2. The lowest BCUT2D eigenvalue weighted by Crippen LogP contribution is -1.99. The maximum Gasteiger partial charge on any atom is 0.440 e. The van der Waals surface area contributed by atoms with E-state index in [2.05, 4.69) is 0 Å². The first-order valence-electron chi connectivity index (χ1n) is 8.43. The highest BCUT2D eigenvalue weighted by atomic mass is 32.7. The maximum atomic E-state index is 12.8. The van der Waals surface area contributed by atoms with Crippen molar-refractivity contribution in [1.29, 1.82) is 0 Å². The Bertz CT molecular complexity index is 814. The van der Waals surface area contributed by atoms with Crippen molar-refractivity contribution < 1.29 is 18.5 Å². The molecule has 2 aromatic rings. The number of nitro groups is 1. The lowest BCUT2D eigenvalue weighted by Gasteiger charge is -2.18. The van der Waals surface area contributed by atoms with E-state index in [1.807, 2.05) is 13.8 Å². The van der Waals surface area contributed by atoms with Crippen LogP contribution in [-0.2, 0) is 9.09 Å². The van der Waals surface area contributed by atoms with E-state index in [4.69, 9.17) is 9.05 Å². The Morgan fingerprint density at radius 1 is 1.15 bits per heavy atom. The SMILES string of the molecule is CCOP(=O)(Oc1ccc(Sc2ccccc2[N+](=O)[O-])cc1)SCC(C)C. The zero-order chi connectivity index (χ0) is 19.9. The van der Waals surface area contributed by atoms with Gasteiger partial charge in [0, 0.05) is 16.7 Å². The molecule has 146 valence electrons. The molecule has 2 rings (SSSR count). The lowest BCUT2D eigenvalue weighted by atomic mass is 10.3. The van der Waals surface area contributed by atoms with Crippen LogP contribution in [0.4, 0.5) is 5.69 Å². The molecule has 0 aliphatic heterocycles. The summed E-state index contributed by atoms with van der Waals surface area (Å²) in [7, 11) is 0. The first kappa shape index (κ1) is 21.8. The van der Waals surface area contributed by atoms with Crippen LogP contribution in [0.25, 0.3) is 0 Å². The number of nitrogens with zero attached hydrogens (tertiary/aromatic N) is 1. The molecule has 0 spiro atoms. The van der Waals surface area contributed by atoms with E-state index < -0.39 is 11.7 Å². The molecule has 6 nitrogen and oxygen atoms in total. The summed E-state index contributed by atoms with van der Waals surface area (Å²) >= 11 is 2.49. The number of hydrogen-bond donors (Lipinski definition) is 0. The molecule has 0 bridgehead atoms. The Morgan fingerprint density at radius 3 is 2.41 bits per heavy atom. The molecule has 2 aromatic carbocycles.